The Hall–Kier alpha value is -1.41. The molecule has 1 saturated heterocycles. The van der Waals surface area contributed by atoms with Crippen LogP contribution in [0.5, 0.6) is 0 Å². The van der Waals surface area contributed by atoms with Crippen LogP contribution in [0, 0.1) is 6.92 Å². The summed E-state index contributed by atoms with van der Waals surface area (Å²) >= 11 is 0. The molecule has 0 saturated carbocycles. The molecule has 0 aliphatic carbocycles. The Kier molecular flexibility index (Phi) is 4.14. The number of imidazole rings is 1. The van der Waals surface area contributed by atoms with Crippen LogP contribution in [-0.2, 0) is 21.9 Å². The van der Waals surface area contributed by atoms with Gasteiger partial charge in [0, 0.05) is 46.3 Å². The second kappa shape index (κ2) is 5.53. The first-order chi connectivity index (χ1) is 9.32. The van der Waals surface area contributed by atoms with Gasteiger partial charge in [-0.25, -0.2) is 13.4 Å². The summed E-state index contributed by atoms with van der Waals surface area (Å²) in [6, 6.07) is 0. The highest BCUT2D eigenvalue weighted by atomic mass is 32.2. The molecule has 2 heterocycles. The molecule has 112 valence electrons. The second-order valence-electron chi connectivity index (χ2n) is 5.00. The molecule has 2 rings (SSSR count). The van der Waals surface area contributed by atoms with Crippen molar-refractivity contribution in [1.82, 2.24) is 18.8 Å². The lowest BCUT2D eigenvalue weighted by atomic mass is 10.4. The molecule has 7 nitrogen and oxygen atoms in total. The summed E-state index contributed by atoms with van der Waals surface area (Å²) in [4.78, 5) is 17.1. The highest BCUT2D eigenvalue weighted by Gasteiger charge is 2.29. The van der Waals surface area contributed by atoms with E-state index in [1.54, 1.807) is 23.4 Å². The van der Waals surface area contributed by atoms with Gasteiger partial charge >= 0.3 is 0 Å². The van der Waals surface area contributed by atoms with E-state index in [0.29, 0.717) is 38.4 Å². The third-order valence-corrected chi connectivity index (χ3v) is 5.36. The van der Waals surface area contributed by atoms with Crippen molar-refractivity contribution in [1.29, 1.82) is 0 Å². The van der Waals surface area contributed by atoms with E-state index in [-0.39, 0.29) is 10.9 Å². The topological polar surface area (TPSA) is 75.5 Å². The van der Waals surface area contributed by atoms with Crippen LogP contribution in [0.25, 0.3) is 0 Å². The molecule has 1 aliphatic rings. The van der Waals surface area contributed by atoms with Gasteiger partial charge in [-0.05, 0) is 13.3 Å². The van der Waals surface area contributed by atoms with Crippen molar-refractivity contribution in [2.45, 2.75) is 25.3 Å². The Bertz CT molecular complexity index is 589. The SMILES string of the molecule is CC(=O)N1CCCN(S(=O)(=O)c2cn(C)c(C)n2)CC1. The quantitative estimate of drug-likeness (QED) is 0.769. The Morgan fingerprint density at radius 3 is 2.50 bits per heavy atom. The number of hydrogen-bond donors (Lipinski definition) is 0. The lowest BCUT2D eigenvalue weighted by Gasteiger charge is -2.20. The minimum absolute atomic E-state index is 0.0158. The van der Waals surface area contributed by atoms with E-state index in [9.17, 15) is 13.2 Å². The molecule has 8 heteroatoms. The lowest BCUT2D eigenvalue weighted by molar-refractivity contribution is -0.128. The molecule has 1 amide bonds. The fourth-order valence-electron chi connectivity index (χ4n) is 2.23. The Labute approximate surface area is 119 Å². The maximum absolute atomic E-state index is 12.5. The van der Waals surface area contributed by atoms with Crippen molar-refractivity contribution < 1.29 is 13.2 Å². The second-order valence-corrected chi connectivity index (χ2v) is 6.89. The molecule has 0 spiro atoms. The van der Waals surface area contributed by atoms with Crippen molar-refractivity contribution in [2.75, 3.05) is 26.2 Å². The van der Waals surface area contributed by atoms with Crippen molar-refractivity contribution in [3.05, 3.63) is 12.0 Å². The van der Waals surface area contributed by atoms with Crippen LogP contribution in [0.2, 0.25) is 0 Å². The van der Waals surface area contributed by atoms with Crippen LogP contribution in [0.15, 0.2) is 11.2 Å². The van der Waals surface area contributed by atoms with E-state index >= 15 is 0 Å². The fraction of sp³-hybridized carbons (Fsp3) is 0.667. The molecule has 0 atom stereocenters. The van der Waals surface area contributed by atoms with Crippen LogP contribution in [-0.4, -0.2) is 59.3 Å². The number of aromatic nitrogens is 2. The molecule has 0 N–H and O–H groups in total. The maximum Gasteiger partial charge on any atom is 0.262 e. The summed E-state index contributed by atoms with van der Waals surface area (Å²) in [5.74, 6) is 0.640. The molecule has 0 aromatic carbocycles. The average molecular weight is 300 g/mol. The highest BCUT2D eigenvalue weighted by molar-refractivity contribution is 7.89. The number of rotatable bonds is 2. The van der Waals surface area contributed by atoms with E-state index in [4.69, 9.17) is 0 Å². The van der Waals surface area contributed by atoms with Gasteiger partial charge in [-0.15, -0.1) is 0 Å². The van der Waals surface area contributed by atoms with Gasteiger partial charge in [-0.3, -0.25) is 4.79 Å². The van der Waals surface area contributed by atoms with Crippen LogP contribution < -0.4 is 0 Å². The highest BCUT2D eigenvalue weighted by Crippen LogP contribution is 2.17. The monoisotopic (exact) mass is 300 g/mol. The summed E-state index contributed by atoms with van der Waals surface area (Å²) in [7, 11) is -1.81. The van der Waals surface area contributed by atoms with Gasteiger partial charge in [-0.2, -0.15) is 4.31 Å². The minimum atomic E-state index is -3.57. The van der Waals surface area contributed by atoms with E-state index in [0.717, 1.165) is 0 Å². The number of hydrogen-bond acceptors (Lipinski definition) is 4. The van der Waals surface area contributed by atoms with E-state index in [2.05, 4.69) is 4.98 Å². The van der Waals surface area contributed by atoms with Crippen molar-refractivity contribution in [3.63, 3.8) is 0 Å². The Balaban J connectivity index is 2.20. The summed E-state index contributed by atoms with van der Waals surface area (Å²) < 4.78 is 28.2. The Morgan fingerprint density at radius 2 is 1.95 bits per heavy atom. The van der Waals surface area contributed by atoms with Crippen LogP contribution in [0.3, 0.4) is 0 Å². The number of amides is 1. The van der Waals surface area contributed by atoms with Gasteiger partial charge in [0.2, 0.25) is 5.91 Å². The van der Waals surface area contributed by atoms with Gasteiger partial charge in [0.15, 0.2) is 5.03 Å². The molecule has 0 unspecified atom stereocenters. The van der Waals surface area contributed by atoms with Gasteiger partial charge in [0.05, 0.1) is 0 Å². The molecular weight excluding hydrogens is 280 g/mol. The summed E-state index contributed by atoms with van der Waals surface area (Å²) in [6.07, 6.45) is 2.17. The number of nitrogens with zero attached hydrogens (tertiary/aromatic N) is 4. The smallest absolute Gasteiger partial charge is 0.262 e. The van der Waals surface area contributed by atoms with Gasteiger partial charge in [0.1, 0.15) is 5.82 Å². The van der Waals surface area contributed by atoms with Gasteiger partial charge in [-0.1, -0.05) is 0 Å². The zero-order valence-corrected chi connectivity index (χ0v) is 12.9. The molecular formula is C12H20N4O3S. The summed E-state index contributed by atoms with van der Waals surface area (Å²) in [5.41, 5.74) is 0. The van der Waals surface area contributed by atoms with Crippen LogP contribution in [0.4, 0.5) is 0 Å². The average Bonchev–Trinajstić information content (AvgIpc) is 2.61. The molecule has 1 fully saturated rings. The number of carbonyl (C=O) groups excluding carboxylic acids is 1. The predicted molar refractivity (Wildman–Crippen MR) is 73.6 cm³/mol. The third kappa shape index (κ3) is 2.85. The van der Waals surface area contributed by atoms with Crippen molar-refractivity contribution in [2.24, 2.45) is 7.05 Å². The fourth-order valence-corrected chi connectivity index (χ4v) is 3.73. The predicted octanol–water partition coefficient (Wildman–Crippen LogP) is -0.0286. The van der Waals surface area contributed by atoms with Crippen molar-refractivity contribution in [3.8, 4) is 0 Å². The molecule has 0 bridgehead atoms. The first-order valence-electron chi connectivity index (χ1n) is 6.58. The van der Waals surface area contributed by atoms with E-state index < -0.39 is 10.0 Å². The zero-order valence-electron chi connectivity index (χ0n) is 12.0. The third-order valence-electron chi connectivity index (χ3n) is 3.59. The molecule has 1 aromatic heterocycles. The molecule has 1 aliphatic heterocycles. The molecule has 1 aromatic rings. The number of aryl methyl sites for hydroxylation is 2. The first kappa shape index (κ1) is 15.0. The van der Waals surface area contributed by atoms with Crippen molar-refractivity contribution >= 4 is 15.9 Å². The van der Waals surface area contributed by atoms with Crippen LogP contribution in [0.1, 0.15) is 19.2 Å². The van der Waals surface area contributed by atoms with Gasteiger partial charge < -0.3 is 9.47 Å². The van der Waals surface area contributed by atoms with E-state index in [1.165, 1.54) is 17.4 Å². The molecule has 0 radical (unpaired) electrons. The number of sulfonamides is 1. The Morgan fingerprint density at radius 1 is 1.25 bits per heavy atom. The van der Waals surface area contributed by atoms with Crippen LogP contribution >= 0.6 is 0 Å². The zero-order chi connectivity index (χ0) is 14.9. The van der Waals surface area contributed by atoms with Gasteiger partial charge in [0.25, 0.3) is 10.0 Å². The maximum atomic E-state index is 12.5. The lowest BCUT2D eigenvalue weighted by Crippen LogP contribution is -2.36. The molecule has 20 heavy (non-hydrogen) atoms. The summed E-state index contributed by atoms with van der Waals surface area (Å²) in [5, 5.41) is 0.0776. The normalized spacial score (nSPS) is 18.1. The standard InChI is InChI=1S/C12H20N4O3S/c1-10-13-12(9-14(10)3)20(18,19)16-6-4-5-15(7-8-16)11(2)17/h9H,4-8H2,1-3H3. The minimum Gasteiger partial charge on any atom is -0.342 e. The van der Waals surface area contributed by atoms with E-state index in [1.807, 2.05) is 0 Å². The largest absolute Gasteiger partial charge is 0.342 e. The number of carbonyl (C=O) groups is 1. The first-order valence-corrected chi connectivity index (χ1v) is 8.02. The summed E-state index contributed by atoms with van der Waals surface area (Å²) in [6.45, 7) is 5.04.